The number of benzene rings is 1. The second-order valence-corrected chi connectivity index (χ2v) is 7.29. The maximum atomic E-state index is 12.2. The molecule has 2 heterocycles. The highest BCUT2D eigenvalue weighted by Gasteiger charge is 2.25. The SMILES string of the molecule is CC(CC(=O)NCCCN1C(=O)COc2ccccc21)C1CCCNC1.Cl. The van der Waals surface area contributed by atoms with Crippen molar-refractivity contribution in [3.8, 4) is 5.75 Å². The van der Waals surface area contributed by atoms with Crippen LogP contribution in [-0.2, 0) is 9.59 Å². The van der Waals surface area contributed by atoms with Crippen molar-refractivity contribution in [2.75, 3.05) is 37.7 Å². The predicted octanol–water partition coefficient (Wildman–Crippen LogP) is 2.37. The van der Waals surface area contributed by atoms with Gasteiger partial charge >= 0.3 is 0 Å². The van der Waals surface area contributed by atoms with Crippen molar-refractivity contribution in [1.29, 1.82) is 0 Å². The molecule has 1 aromatic rings. The Hall–Kier alpha value is -1.79. The molecule has 27 heavy (non-hydrogen) atoms. The molecular weight excluding hydrogens is 366 g/mol. The van der Waals surface area contributed by atoms with Gasteiger partial charge in [0.2, 0.25) is 5.91 Å². The lowest BCUT2D eigenvalue weighted by Gasteiger charge is -2.29. The first-order valence-corrected chi connectivity index (χ1v) is 9.65. The summed E-state index contributed by atoms with van der Waals surface area (Å²) < 4.78 is 5.45. The van der Waals surface area contributed by atoms with Gasteiger partial charge in [0.05, 0.1) is 5.69 Å². The molecule has 0 aromatic heterocycles. The number of ether oxygens (including phenoxy) is 1. The molecule has 0 bridgehead atoms. The van der Waals surface area contributed by atoms with Gasteiger partial charge in [0, 0.05) is 19.5 Å². The summed E-state index contributed by atoms with van der Waals surface area (Å²) in [7, 11) is 0. The van der Waals surface area contributed by atoms with E-state index in [1.54, 1.807) is 4.90 Å². The number of piperidine rings is 1. The maximum absolute atomic E-state index is 12.2. The minimum absolute atomic E-state index is 0. The third-order valence-corrected chi connectivity index (χ3v) is 5.34. The van der Waals surface area contributed by atoms with Crippen LogP contribution in [-0.4, -0.2) is 44.6 Å². The third-order valence-electron chi connectivity index (χ3n) is 5.34. The Bertz CT molecular complexity index is 635. The number of hydrogen-bond acceptors (Lipinski definition) is 4. The van der Waals surface area contributed by atoms with Crippen LogP contribution in [0.4, 0.5) is 5.69 Å². The molecular formula is C20H30ClN3O3. The van der Waals surface area contributed by atoms with Gasteiger partial charge in [0.1, 0.15) is 5.75 Å². The number of hydrogen-bond donors (Lipinski definition) is 2. The summed E-state index contributed by atoms with van der Waals surface area (Å²) >= 11 is 0. The number of carbonyl (C=O) groups is 2. The maximum Gasteiger partial charge on any atom is 0.265 e. The van der Waals surface area contributed by atoms with Gasteiger partial charge in [-0.15, -0.1) is 12.4 Å². The summed E-state index contributed by atoms with van der Waals surface area (Å²) in [5, 5.41) is 6.41. The van der Waals surface area contributed by atoms with Gasteiger partial charge in [-0.05, 0) is 56.3 Å². The van der Waals surface area contributed by atoms with E-state index in [4.69, 9.17) is 4.74 Å². The van der Waals surface area contributed by atoms with Gasteiger partial charge in [0.15, 0.2) is 6.61 Å². The molecule has 150 valence electrons. The summed E-state index contributed by atoms with van der Waals surface area (Å²) in [6, 6.07) is 7.57. The quantitative estimate of drug-likeness (QED) is 0.695. The number of para-hydroxylation sites is 2. The first kappa shape index (κ1) is 21.5. The minimum atomic E-state index is -0.0338. The Balaban J connectivity index is 0.00000261. The number of carbonyl (C=O) groups excluding carboxylic acids is 2. The van der Waals surface area contributed by atoms with Gasteiger partial charge in [-0.2, -0.15) is 0 Å². The molecule has 2 unspecified atom stereocenters. The summed E-state index contributed by atoms with van der Waals surface area (Å²) in [5.41, 5.74) is 0.813. The van der Waals surface area contributed by atoms with Crippen LogP contribution in [0.5, 0.6) is 5.75 Å². The van der Waals surface area contributed by atoms with Crippen LogP contribution in [0.3, 0.4) is 0 Å². The normalized spacial score (nSPS) is 20.1. The second kappa shape index (κ2) is 10.5. The number of nitrogens with zero attached hydrogens (tertiary/aromatic N) is 1. The lowest BCUT2D eigenvalue weighted by atomic mass is 9.85. The monoisotopic (exact) mass is 395 g/mol. The average Bonchev–Trinajstić information content (AvgIpc) is 2.67. The number of halogens is 1. The van der Waals surface area contributed by atoms with Crippen LogP contribution in [0.25, 0.3) is 0 Å². The van der Waals surface area contributed by atoms with E-state index >= 15 is 0 Å². The fourth-order valence-corrected chi connectivity index (χ4v) is 3.76. The fraction of sp³-hybridized carbons (Fsp3) is 0.600. The van der Waals surface area contributed by atoms with Crippen molar-refractivity contribution in [3.05, 3.63) is 24.3 Å². The average molecular weight is 396 g/mol. The van der Waals surface area contributed by atoms with Crippen molar-refractivity contribution in [1.82, 2.24) is 10.6 Å². The molecule has 0 saturated carbocycles. The first-order valence-electron chi connectivity index (χ1n) is 9.65. The molecule has 0 aliphatic carbocycles. The number of anilines is 1. The van der Waals surface area contributed by atoms with E-state index in [9.17, 15) is 9.59 Å². The molecule has 2 atom stereocenters. The molecule has 1 aromatic carbocycles. The van der Waals surface area contributed by atoms with Gasteiger partial charge in [-0.25, -0.2) is 0 Å². The van der Waals surface area contributed by atoms with Crippen molar-refractivity contribution in [2.45, 2.75) is 32.6 Å². The molecule has 1 saturated heterocycles. The molecule has 2 N–H and O–H groups in total. The minimum Gasteiger partial charge on any atom is -0.482 e. The molecule has 1 fully saturated rings. The summed E-state index contributed by atoms with van der Waals surface area (Å²) in [4.78, 5) is 26.0. The van der Waals surface area contributed by atoms with E-state index in [1.165, 1.54) is 12.8 Å². The van der Waals surface area contributed by atoms with Gasteiger partial charge in [0.25, 0.3) is 5.91 Å². The van der Waals surface area contributed by atoms with Crippen LogP contribution < -0.4 is 20.3 Å². The molecule has 2 amide bonds. The number of amides is 2. The fourth-order valence-electron chi connectivity index (χ4n) is 3.76. The first-order chi connectivity index (χ1) is 12.6. The highest BCUT2D eigenvalue weighted by Crippen LogP contribution is 2.31. The molecule has 2 aliphatic heterocycles. The summed E-state index contributed by atoms with van der Waals surface area (Å²) in [6.45, 7) is 5.53. The Morgan fingerprint density at radius 1 is 1.41 bits per heavy atom. The Labute approximate surface area is 167 Å². The van der Waals surface area contributed by atoms with Crippen molar-refractivity contribution < 1.29 is 14.3 Å². The molecule has 3 rings (SSSR count). The van der Waals surface area contributed by atoms with Crippen molar-refractivity contribution in [2.24, 2.45) is 11.8 Å². The third kappa shape index (κ3) is 5.84. The Kier molecular flexibility index (Phi) is 8.38. The van der Waals surface area contributed by atoms with Crippen molar-refractivity contribution in [3.63, 3.8) is 0 Å². The summed E-state index contributed by atoms with van der Waals surface area (Å²) in [6.07, 6.45) is 3.71. The van der Waals surface area contributed by atoms with Crippen molar-refractivity contribution >= 4 is 29.9 Å². The molecule has 6 nitrogen and oxygen atoms in total. The van der Waals surface area contributed by atoms with E-state index in [-0.39, 0.29) is 30.8 Å². The molecule has 2 aliphatic rings. The molecule has 7 heteroatoms. The van der Waals surface area contributed by atoms with Crippen LogP contribution >= 0.6 is 12.4 Å². The topological polar surface area (TPSA) is 70.7 Å². The van der Waals surface area contributed by atoms with Gasteiger partial charge in [-0.1, -0.05) is 19.1 Å². The lowest BCUT2D eigenvalue weighted by Crippen LogP contribution is -2.40. The summed E-state index contributed by atoms with van der Waals surface area (Å²) in [5.74, 6) is 1.81. The second-order valence-electron chi connectivity index (χ2n) is 7.29. The molecule has 0 spiro atoms. The number of nitrogens with one attached hydrogen (secondary N) is 2. The highest BCUT2D eigenvalue weighted by atomic mass is 35.5. The Morgan fingerprint density at radius 2 is 2.22 bits per heavy atom. The van der Waals surface area contributed by atoms with Crippen LogP contribution in [0.2, 0.25) is 0 Å². The highest BCUT2D eigenvalue weighted by molar-refractivity contribution is 5.97. The molecule has 0 radical (unpaired) electrons. The van der Waals surface area contributed by atoms with Crippen LogP contribution in [0.1, 0.15) is 32.6 Å². The van der Waals surface area contributed by atoms with Crippen LogP contribution in [0.15, 0.2) is 24.3 Å². The lowest BCUT2D eigenvalue weighted by molar-refractivity contribution is -0.122. The van der Waals surface area contributed by atoms with E-state index < -0.39 is 0 Å². The van der Waals surface area contributed by atoms with Gasteiger partial charge < -0.3 is 20.3 Å². The van der Waals surface area contributed by atoms with E-state index in [2.05, 4.69) is 17.6 Å². The van der Waals surface area contributed by atoms with Crippen LogP contribution in [0, 0.1) is 11.8 Å². The van der Waals surface area contributed by atoms with E-state index in [0.29, 0.717) is 31.3 Å². The zero-order chi connectivity index (χ0) is 18.4. The standard InChI is InChI=1S/C20H29N3O3.ClH/c1-15(16-6-4-9-21-13-16)12-19(24)22-10-5-11-23-17-7-2-3-8-18(17)26-14-20(23)25;/h2-3,7-8,15-16,21H,4-6,9-14H2,1H3,(H,22,24);1H. The largest absolute Gasteiger partial charge is 0.482 e. The number of rotatable bonds is 7. The Morgan fingerprint density at radius 3 is 3.00 bits per heavy atom. The number of fused-ring (bicyclic) bond motifs is 1. The van der Waals surface area contributed by atoms with E-state index in [1.807, 2.05) is 24.3 Å². The smallest absolute Gasteiger partial charge is 0.265 e. The predicted molar refractivity (Wildman–Crippen MR) is 109 cm³/mol. The van der Waals surface area contributed by atoms with Gasteiger partial charge in [-0.3, -0.25) is 9.59 Å². The zero-order valence-electron chi connectivity index (χ0n) is 15.9. The van der Waals surface area contributed by atoms with E-state index in [0.717, 1.165) is 30.9 Å². The zero-order valence-corrected chi connectivity index (χ0v) is 16.7.